The first-order valence-electron chi connectivity index (χ1n) is 3.38. The Bertz CT molecular complexity index is 416. The van der Waals surface area contributed by atoms with Gasteiger partial charge in [0.2, 0.25) is 0 Å². The van der Waals surface area contributed by atoms with Crippen molar-refractivity contribution in [3.8, 4) is 0 Å². The van der Waals surface area contributed by atoms with Crippen molar-refractivity contribution in [3.05, 3.63) is 24.5 Å². The van der Waals surface area contributed by atoms with Gasteiger partial charge in [-0.2, -0.15) is 0 Å². The van der Waals surface area contributed by atoms with Gasteiger partial charge in [-0.15, -0.1) is 0 Å². The maximum absolute atomic E-state index is 11.4. The van der Waals surface area contributed by atoms with E-state index in [2.05, 4.69) is 4.98 Å². The Morgan fingerprint density at radius 3 is 2.79 bits per heavy atom. The zero-order valence-corrected chi connectivity index (χ0v) is 9.27. The molecule has 0 fully saturated rings. The highest BCUT2D eigenvalue weighted by atomic mass is 33.1. The lowest BCUT2D eigenvalue weighted by Crippen LogP contribution is -2.04. The summed E-state index contributed by atoms with van der Waals surface area (Å²) in [6.07, 6.45) is 2.63. The number of pyridine rings is 1. The van der Waals surface area contributed by atoms with E-state index in [1.165, 1.54) is 24.5 Å². The van der Waals surface area contributed by atoms with Crippen molar-refractivity contribution in [2.24, 2.45) is 0 Å². The van der Waals surface area contributed by atoms with Gasteiger partial charge in [-0.05, 0) is 12.1 Å². The molecule has 0 N–H and O–H groups in total. The first-order chi connectivity index (χ1) is 6.52. The van der Waals surface area contributed by atoms with E-state index in [1.807, 2.05) is 0 Å². The van der Waals surface area contributed by atoms with Crippen molar-refractivity contribution in [2.45, 2.75) is 4.90 Å². The number of sulfone groups is 1. The zero-order chi connectivity index (χ0) is 10.6. The standard InChI is InChI=1S/C6H7NO4S3/c8-13(9)12-5-14(10,11)6-2-1-3-7-4-6/h1-4H,5H2,(H,8,9)/p-1. The third kappa shape index (κ3) is 3.37. The molecule has 5 nitrogen and oxygen atoms in total. The third-order valence-electron chi connectivity index (χ3n) is 1.29. The van der Waals surface area contributed by atoms with Gasteiger partial charge < -0.3 is 4.55 Å². The first-order valence-corrected chi connectivity index (χ1v) is 7.60. The molecule has 1 aromatic rings. The van der Waals surface area contributed by atoms with Gasteiger partial charge in [0.1, 0.15) is 5.08 Å². The van der Waals surface area contributed by atoms with E-state index >= 15 is 0 Å². The zero-order valence-electron chi connectivity index (χ0n) is 6.82. The van der Waals surface area contributed by atoms with Gasteiger partial charge in [-0.25, -0.2) is 8.42 Å². The molecule has 0 aromatic carbocycles. The third-order valence-corrected chi connectivity index (χ3v) is 5.51. The summed E-state index contributed by atoms with van der Waals surface area (Å²) in [6.45, 7) is 0. The van der Waals surface area contributed by atoms with E-state index in [0.29, 0.717) is 10.8 Å². The predicted molar refractivity (Wildman–Crippen MR) is 52.8 cm³/mol. The summed E-state index contributed by atoms with van der Waals surface area (Å²) in [7, 11) is -5.63. The Labute approximate surface area is 87.5 Å². The second-order valence-corrected chi connectivity index (χ2v) is 7.05. The van der Waals surface area contributed by atoms with Crippen LogP contribution in [0.3, 0.4) is 0 Å². The van der Waals surface area contributed by atoms with E-state index in [4.69, 9.17) is 0 Å². The van der Waals surface area contributed by atoms with Crippen LogP contribution in [0.5, 0.6) is 0 Å². The SMILES string of the molecule is O=S([O-])SCS(=O)(=O)c1cccnc1. The van der Waals surface area contributed by atoms with Crippen molar-refractivity contribution in [2.75, 3.05) is 5.08 Å². The van der Waals surface area contributed by atoms with Gasteiger partial charge in [0.05, 0.1) is 4.90 Å². The topological polar surface area (TPSA) is 87.2 Å². The van der Waals surface area contributed by atoms with Crippen LogP contribution in [0.1, 0.15) is 0 Å². The minimum atomic E-state index is -3.55. The van der Waals surface area contributed by atoms with Crippen LogP contribution < -0.4 is 0 Å². The largest absolute Gasteiger partial charge is 0.764 e. The van der Waals surface area contributed by atoms with E-state index in [9.17, 15) is 17.2 Å². The average molecular weight is 252 g/mol. The van der Waals surface area contributed by atoms with E-state index < -0.39 is 25.0 Å². The maximum atomic E-state index is 11.4. The number of aromatic nitrogens is 1. The summed E-state index contributed by atoms with van der Waals surface area (Å²) in [6, 6.07) is 2.85. The van der Waals surface area contributed by atoms with Gasteiger partial charge in [0.15, 0.2) is 9.84 Å². The molecule has 1 heterocycles. The monoisotopic (exact) mass is 252 g/mol. The molecule has 8 heteroatoms. The summed E-state index contributed by atoms with van der Waals surface area (Å²) >= 11 is 0. The number of hydrogen-bond acceptors (Lipinski definition) is 6. The van der Waals surface area contributed by atoms with Crippen LogP contribution in [0, 0.1) is 0 Å². The van der Waals surface area contributed by atoms with Crippen LogP contribution in [0.2, 0.25) is 0 Å². The molecule has 1 unspecified atom stereocenters. The Morgan fingerprint density at radius 1 is 1.57 bits per heavy atom. The van der Waals surface area contributed by atoms with Gasteiger partial charge in [0, 0.05) is 22.5 Å². The molecule has 0 aliphatic carbocycles. The lowest BCUT2D eigenvalue weighted by Gasteiger charge is -2.04. The molecule has 1 atom stereocenters. The van der Waals surface area contributed by atoms with Gasteiger partial charge in [-0.3, -0.25) is 9.19 Å². The van der Waals surface area contributed by atoms with Gasteiger partial charge in [-0.1, -0.05) is 10.8 Å². The molecule has 0 spiro atoms. The predicted octanol–water partition coefficient (Wildman–Crippen LogP) is 0.340. The van der Waals surface area contributed by atoms with Gasteiger partial charge in [0.25, 0.3) is 0 Å². The molecule has 1 rings (SSSR count). The molecule has 0 radical (unpaired) electrons. The van der Waals surface area contributed by atoms with Crippen LogP contribution in [0.25, 0.3) is 0 Å². The second kappa shape index (κ2) is 4.87. The van der Waals surface area contributed by atoms with Crippen molar-refractivity contribution in [3.63, 3.8) is 0 Å². The molecule has 78 valence electrons. The number of nitrogens with zero attached hydrogens (tertiary/aromatic N) is 1. The minimum absolute atomic E-state index is 0.0259. The highest BCUT2D eigenvalue weighted by Gasteiger charge is 2.14. The smallest absolute Gasteiger partial charge is 0.190 e. The van der Waals surface area contributed by atoms with Crippen molar-refractivity contribution in [1.29, 1.82) is 0 Å². The molecule has 0 saturated carbocycles. The summed E-state index contributed by atoms with van der Waals surface area (Å²) in [4.78, 5) is 3.66. The maximum Gasteiger partial charge on any atom is 0.190 e. The Kier molecular flexibility index (Phi) is 4.05. The molecule has 0 bridgehead atoms. The highest BCUT2D eigenvalue weighted by Crippen LogP contribution is 2.16. The highest BCUT2D eigenvalue weighted by molar-refractivity contribution is 8.68. The van der Waals surface area contributed by atoms with Crippen molar-refractivity contribution in [1.82, 2.24) is 4.98 Å². The molecular weight excluding hydrogens is 246 g/mol. The average Bonchev–Trinajstić information content (AvgIpc) is 2.16. The minimum Gasteiger partial charge on any atom is -0.764 e. The molecule has 0 aliphatic rings. The van der Waals surface area contributed by atoms with Crippen molar-refractivity contribution < 1.29 is 17.2 Å². The lowest BCUT2D eigenvalue weighted by molar-refractivity contribution is 0.553. The quantitative estimate of drug-likeness (QED) is 0.567. The van der Waals surface area contributed by atoms with Crippen LogP contribution in [0.15, 0.2) is 29.4 Å². The fourth-order valence-electron chi connectivity index (χ4n) is 0.702. The molecule has 14 heavy (non-hydrogen) atoms. The molecule has 0 saturated heterocycles. The first kappa shape index (κ1) is 11.6. The van der Waals surface area contributed by atoms with Crippen LogP contribution in [-0.2, 0) is 19.9 Å². The van der Waals surface area contributed by atoms with Crippen LogP contribution >= 0.6 is 10.8 Å². The lowest BCUT2D eigenvalue weighted by atomic mass is 10.5. The molecule has 0 aliphatic heterocycles. The van der Waals surface area contributed by atoms with Crippen LogP contribution in [-0.4, -0.2) is 27.2 Å². The summed E-state index contributed by atoms with van der Waals surface area (Å²) < 4.78 is 43.1. The normalized spacial score (nSPS) is 13.8. The number of hydrogen-bond donors (Lipinski definition) is 0. The van der Waals surface area contributed by atoms with Gasteiger partial charge >= 0.3 is 0 Å². The Morgan fingerprint density at radius 2 is 2.29 bits per heavy atom. The summed E-state index contributed by atoms with van der Waals surface area (Å²) in [5.41, 5.74) is 0. The summed E-state index contributed by atoms with van der Waals surface area (Å²) in [5.74, 6) is 0. The Balaban J connectivity index is 2.82. The summed E-state index contributed by atoms with van der Waals surface area (Å²) in [5, 5.41) is -0.491. The Hall–Kier alpha value is -0.440. The molecule has 1 aromatic heterocycles. The van der Waals surface area contributed by atoms with Crippen LogP contribution in [0.4, 0.5) is 0 Å². The van der Waals surface area contributed by atoms with Crippen molar-refractivity contribution >= 4 is 30.7 Å². The van der Waals surface area contributed by atoms with E-state index in [1.54, 1.807) is 0 Å². The van der Waals surface area contributed by atoms with E-state index in [-0.39, 0.29) is 4.90 Å². The molecular formula is C6H6NO4S3-. The number of rotatable bonds is 4. The molecule has 0 amide bonds. The fourth-order valence-corrected chi connectivity index (χ4v) is 4.42. The fraction of sp³-hybridized carbons (Fsp3) is 0.167. The second-order valence-electron chi connectivity index (χ2n) is 2.24. The van der Waals surface area contributed by atoms with E-state index in [0.717, 1.165) is 0 Å².